The second kappa shape index (κ2) is 48.2. The Bertz CT molecular complexity index is 2080. The summed E-state index contributed by atoms with van der Waals surface area (Å²) in [5.74, 6) is 5.23. The lowest BCUT2D eigenvalue weighted by molar-refractivity contribution is 0.0772. The number of guanidine groups is 5. The van der Waals surface area contributed by atoms with Crippen LogP contribution in [-0.4, -0.2) is 168 Å². The minimum Gasteiger partial charge on any atom is -0.370 e. The van der Waals surface area contributed by atoms with Crippen molar-refractivity contribution < 1.29 is 0 Å². The van der Waals surface area contributed by atoms with Crippen LogP contribution >= 0.6 is 0 Å². The van der Waals surface area contributed by atoms with Crippen LogP contribution < -0.4 is 72.9 Å². The Morgan fingerprint density at radius 2 is 0.697 bits per heavy atom. The summed E-state index contributed by atoms with van der Waals surface area (Å²) in [7, 11) is 0. The molecule has 6 aliphatic heterocycles. The molecule has 0 aromatic heterocycles. The second-order valence-corrected chi connectivity index (χ2v) is 39.8. The first kappa shape index (κ1) is 101. The summed E-state index contributed by atoms with van der Waals surface area (Å²) >= 11 is 0. The van der Waals surface area contributed by atoms with Crippen molar-refractivity contribution in [2.75, 3.05) is 118 Å². The molecule has 24 N–H and O–H groups in total. The van der Waals surface area contributed by atoms with Crippen molar-refractivity contribution in [2.24, 2.45) is 145 Å². The molecule has 21 nitrogen and oxygen atoms in total. The number of piperazine rings is 1. The number of piperidine rings is 2. The van der Waals surface area contributed by atoms with Gasteiger partial charge in [0.25, 0.3) is 0 Å². The summed E-state index contributed by atoms with van der Waals surface area (Å²) < 4.78 is 0. The van der Waals surface area contributed by atoms with Crippen molar-refractivity contribution in [3.05, 3.63) is 0 Å². The Kier molecular flexibility index (Phi) is 49.4. The van der Waals surface area contributed by atoms with Gasteiger partial charge < -0.3 is 82.7 Å². The number of rotatable bonds is 8. The van der Waals surface area contributed by atoms with Gasteiger partial charge in [0.2, 0.25) is 0 Å². The minimum absolute atomic E-state index is 0.171. The van der Waals surface area contributed by atoms with Gasteiger partial charge in [0.1, 0.15) is 0 Å². The fourth-order valence-electron chi connectivity index (χ4n) is 10.8. The molecule has 0 aliphatic carbocycles. The zero-order chi connectivity index (χ0) is 78.3. The normalized spacial score (nSPS) is 18.4. The van der Waals surface area contributed by atoms with E-state index in [0.717, 1.165) is 108 Å². The third-order valence-electron chi connectivity index (χ3n) is 18.8. The summed E-state index contributed by atoms with van der Waals surface area (Å²) in [6.07, 6.45) is 12.1. The predicted octanol–water partition coefficient (Wildman–Crippen LogP) is 12.0. The van der Waals surface area contributed by atoms with Crippen LogP contribution in [0.2, 0.25) is 0 Å². The topological polar surface area (TPSA) is 377 Å². The quantitative estimate of drug-likeness (QED) is 0.0610. The highest BCUT2D eigenvalue weighted by atomic mass is 15.3. The molecular formula is C78H175N21. The molecule has 0 spiro atoms. The summed E-state index contributed by atoms with van der Waals surface area (Å²) in [4.78, 5) is 18.0. The van der Waals surface area contributed by atoms with E-state index in [1.807, 2.05) is 9.80 Å². The lowest BCUT2D eigenvalue weighted by Crippen LogP contribution is -2.56. The molecule has 1 atom stereocenters. The van der Waals surface area contributed by atoms with Crippen LogP contribution in [0.15, 0.2) is 15.0 Å². The van der Waals surface area contributed by atoms with E-state index in [4.69, 9.17) is 62.4 Å². The number of nitrogens with zero attached hydrogens (tertiary/aromatic N) is 6. The van der Waals surface area contributed by atoms with Gasteiger partial charge in [-0.1, -0.05) is 187 Å². The Morgan fingerprint density at radius 3 is 0.939 bits per heavy atom. The molecule has 1 unspecified atom stereocenters. The Labute approximate surface area is 613 Å². The molecule has 0 bridgehead atoms. The maximum Gasteiger partial charge on any atom is 0.188 e. The maximum absolute atomic E-state index is 7.31. The SMILES string of the molecule is CC(C)(C)C1CCN(C(=N)N)CC1.CC(C)(C)C1CCNC1.CC(C)(C)C1CCNCC1.CC(C)(C)C1CN(C(=N)N)C1.CC(C)(C)C1CNC1.CC(C)(C)CCCN.CC(C)(C)CCCN=C(N)N.CC(C)(C)CCN=C(N)N.CC(C)(C)CN=C(N)N.CC(C)(C)N1CCNCC1. The number of hydrogen-bond acceptors (Lipinski definition) is 11. The fraction of sp³-hybridized carbons (Fsp3) is 0.936. The van der Waals surface area contributed by atoms with Gasteiger partial charge in [0.15, 0.2) is 29.8 Å². The second-order valence-electron chi connectivity index (χ2n) is 39.8. The molecule has 592 valence electrons. The van der Waals surface area contributed by atoms with E-state index >= 15 is 0 Å². The zero-order valence-electron chi connectivity index (χ0n) is 71.1. The van der Waals surface area contributed by atoms with Gasteiger partial charge in [0.05, 0.1) is 0 Å². The van der Waals surface area contributed by atoms with Crippen LogP contribution in [0.1, 0.15) is 272 Å². The van der Waals surface area contributed by atoms with Crippen molar-refractivity contribution in [1.82, 2.24) is 36.0 Å². The predicted molar refractivity (Wildman–Crippen MR) is 440 cm³/mol. The first-order valence-corrected chi connectivity index (χ1v) is 38.2. The van der Waals surface area contributed by atoms with E-state index in [2.05, 4.69) is 249 Å². The highest BCUT2D eigenvalue weighted by Gasteiger charge is 2.36. The summed E-state index contributed by atoms with van der Waals surface area (Å²) in [6, 6.07) is 0. The Hall–Kier alpha value is -3.89. The summed E-state index contributed by atoms with van der Waals surface area (Å²) in [5, 5.41) is 27.8. The van der Waals surface area contributed by atoms with Gasteiger partial charge in [-0.25, -0.2) is 0 Å². The molecule has 6 aliphatic rings. The zero-order valence-corrected chi connectivity index (χ0v) is 71.1. The van der Waals surface area contributed by atoms with E-state index in [0.29, 0.717) is 61.3 Å². The molecular weight excluding hydrogens is 1230 g/mol. The largest absolute Gasteiger partial charge is 0.370 e. The van der Waals surface area contributed by atoms with Crippen LogP contribution in [0.25, 0.3) is 0 Å². The highest BCUT2D eigenvalue weighted by molar-refractivity contribution is 5.76. The summed E-state index contributed by atoms with van der Waals surface area (Å²) in [6.45, 7) is 86.3. The highest BCUT2D eigenvalue weighted by Crippen LogP contribution is 2.36. The van der Waals surface area contributed by atoms with E-state index in [9.17, 15) is 0 Å². The van der Waals surface area contributed by atoms with Crippen molar-refractivity contribution in [3.63, 3.8) is 0 Å². The summed E-state index contributed by atoms with van der Waals surface area (Å²) in [5.41, 5.74) is 51.1. The number of aliphatic imine (C=N–C) groups is 3. The number of hydrogen-bond donors (Lipinski definition) is 15. The smallest absolute Gasteiger partial charge is 0.188 e. The van der Waals surface area contributed by atoms with Crippen molar-refractivity contribution >= 4 is 29.8 Å². The fourth-order valence-corrected chi connectivity index (χ4v) is 10.8. The van der Waals surface area contributed by atoms with Gasteiger partial charge >= 0.3 is 0 Å². The first-order chi connectivity index (χ1) is 44.6. The Balaban J connectivity index is -0.000000508. The molecule has 6 heterocycles. The first-order valence-electron chi connectivity index (χ1n) is 38.2. The van der Waals surface area contributed by atoms with Crippen LogP contribution in [0, 0.1) is 89.1 Å². The molecule has 0 aromatic rings. The van der Waals surface area contributed by atoms with Crippen molar-refractivity contribution in [2.45, 2.75) is 277 Å². The van der Waals surface area contributed by atoms with Crippen molar-refractivity contribution in [3.8, 4) is 0 Å². The molecule has 6 saturated heterocycles. The lowest BCUT2D eigenvalue weighted by atomic mass is 9.75. The van der Waals surface area contributed by atoms with Crippen LogP contribution in [-0.2, 0) is 0 Å². The molecule has 6 fully saturated rings. The van der Waals surface area contributed by atoms with E-state index < -0.39 is 0 Å². The third-order valence-corrected chi connectivity index (χ3v) is 18.8. The van der Waals surface area contributed by atoms with E-state index in [1.54, 1.807) is 0 Å². The lowest BCUT2D eigenvalue weighted by Gasteiger charge is -2.46. The maximum atomic E-state index is 7.31. The van der Waals surface area contributed by atoms with Crippen LogP contribution in [0.5, 0.6) is 0 Å². The van der Waals surface area contributed by atoms with E-state index in [1.165, 1.54) is 90.9 Å². The molecule has 0 aromatic carbocycles. The van der Waals surface area contributed by atoms with Gasteiger partial charge in [0, 0.05) is 77.5 Å². The molecule has 99 heavy (non-hydrogen) atoms. The molecule has 6 rings (SSSR count). The van der Waals surface area contributed by atoms with Gasteiger partial charge in [-0.2, -0.15) is 0 Å². The number of nitrogens with two attached hydrogens (primary N) is 9. The third kappa shape index (κ3) is 62.4. The van der Waals surface area contributed by atoms with Crippen LogP contribution in [0.3, 0.4) is 0 Å². The number of likely N-dealkylation sites (tertiary alicyclic amines) is 2. The van der Waals surface area contributed by atoms with Gasteiger partial charge in [-0.15, -0.1) is 0 Å². The van der Waals surface area contributed by atoms with Gasteiger partial charge in [-0.05, 0) is 209 Å². The average molecular weight is 1410 g/mol. The molecule has 0 saturated carbocycles. The standard InChI is InChI=1S/C10H21N3.C9H19N.C8H17N3.C8H19N3.C8H18N2.C8H17N.C7H17N3.C7H15N.C7H17N.C6H15N3/c1-10(2,3)8-4-6-13(7-5-8)9(11)12;1-9(2,3)8-4-6-10-7-5-8;1-8(2,3)6-4-11(5-6)7(9)10;1-8(2,3)5-4-6-11-7(9)10;1-8(2,3)10-6-4-9-5-7-10;1-8(2,3)7-4-5-9-6-7;1-7(2,3)4-5-10-6(8)9;1-7(2,3)6-4-8-5-6;1-7(2,3)5-4-6-8;1-6(2,3)4-9-5(7)8/h8H,4-7H2,1-3H3,(H3,11,12);8,10H,4-7H2,1-3H3;6H,4-5H2,1-3H3,(H3,9,10);4-6H2,1-3H3,(H4,9,10,11);9H,4-7H2,1-3H3;7,9H,4-6H2,1-3H3;4-5H2,1-3H3,(H4,8,9,10);6,8H,4-5H2,1-3H3;4-6,8H2,1-3H3;4H2,1-3H3,(H4,7,8,9). The van der Waals surface area contributed by atoms with E-state index in [-0.39, 0.29) is 35.2 Å². The molecule has 0 amide bonds. The molecule has 21 heteroatoms. The molecule has 0 radical (unpaired) electrons. The Morgan fingerprint density at radius 1 is 0.354 bits per heavy atom. The van der Waals surface area contributed by atoms with Gasteiger partial charge in [-0.3, -0.25) is 30.7 Å². The minimum atomic E-state index is 0.171. The van der Waals surface area contributed by atoms with Crippen molar-refractivity contribution in [1.29, 1.82) is 10.8 Å². The van der Waals surface area contributed by atoms with Crippen LogP contribution in [0.4, 0.5) is 0 Å². The monoisotopic (exact) mass is 1410 g/mol. The average Bonchev–Trinajstić information content (AvgIpc) is 1.08. The number of nitrogens with one attached hydrogen (secondary N) is 6.